The third-order valence-electron chi connectivity index (χ3n) is 2.47. The molecule has 2 heterocycles. The van der Waals surface area contributed by atoms with Crippen molar-refractivity contribution in [2.24, 2.45) is 0 Å². The number of nitrogens with one attached hydrogen (secondary N) is 1. The second-order valence-electron chi connectivity index (χ2n) is 4.10. The lowest BCUT2D eigenvalue weighted by molar-refractivity contribution is 0.102. The molecule has 5 heteroatoms. The van der Waals surface area contributed by atoms with Gasteiger partial charge in [0, 0.05) is 24.2 Å². The number of carbonyl (C=O) groups is 1. The number of nitrogens with zero attached hydrogens (tertiary/aromatic N) is 2. The summed E-state index contributed by atoms with van der Waals surface area (Å²) >= 11 is 0. The molecule has 0 saturated heterocycles. The van der Waals surface area contributed by atoms with Crippen LogP contribution in [0.2, 0.25) is 0 Å². The number of rotatable bonds is 2. The summed E-state index contributed by atoms with van der Waals surface area (Å²) in [6.45, 7) is 1.69. The predicted molar refractivity (Wildman–Crippen MR) is 75.1 cm³/mol. The standard InChI is InChI=1S/C15H13N3O2/c1-11-4-5-14(17-8-11)18-15(20)13-7-12(3-2-6-19)9-16-10-13/h4-5,7-10,19H,6H2,1H3,(H,17,18,20). The summed E-state index contributed by atoms with van der Waals surface area (Å²) < 4.78 is 0. The third-order valence-corrected chi connectivity index (χ3v) is 2.47. The zero-order valence-corrected chi connectivity index (χ0v) is 10.9. The Balaban J connectivity index is 2.14. The number of anilines is 1. The lowest BCUT2D eigenvalue weighted by Crippen LogP contribution is -2.13. The van der Waals surface area contributed by atoms with Crippen LogP contribution in [0.3, 0.4) is 0 Å². The van der Waals surface area contributed by atoms with Crippen molar-refractivity contribution in [1.29, 1.82) is 0 Å². The van der Waals surface area contributed by atoms with Crippen molar-refractivity contribution >= 4 is 11.7 Å². The number of aliphatic hydroxyl groups is 1. The summed E-state index contributed by atoms with van der Waals surface area (Å²) in [7, 11) is 0. The van der Waals surface area contributed by atoms with Crippen LogP contribution in [0, 0.1) is 18.8 Å². The molecule has 2 aromatic heterocycles. The lowest BCUT2D eigenvalue weighted by atomic mass is 10.2. The van der Waals surface area contributed by atoms with Gasteiger partial charge >= 0.3 is 0 Å². The predicted octanol–water partition coefficient (Wildman–Crippen LogP) is 1.38. The van der Waals surface area contributed by atoms with Crippen molar-refractivity contribution in [1.82, 2.24) is 9.97 Å². The Morgan fingerprint density at radius 2 is 2.20 bits per heavy atom. The van der Waals surface area contributed by atoms with Crippen molar-refractivity contribution in [3.8, 4) is 11.8 Å². The van der Waals surface area contributed by atoms with Crippen LogP contribution in [0.25, 0.3) is 0 Å². The molecule has 0 saturated carbocycles. The van der Waals surface area contributed by atoms with E-state index in [0.29, 0.717) is 16.9 Å². The van der Waals surface area contributed by atoms with Crippen LogP contribution in [-0.2, 0) is 0 Å². The van der Waals surface area contributed by atoms with Crippen molar-refractivity contribution < 1.29 is 9.90 Å². The molecule has 0 aliphatic heterocycles. The Hall–Kier alpha value is -2.71. The van der Waals surface area contributed by atoms with Crippen molar-refractivity contribution in [2.45, 2.75) is 6.92 Å². The van der Waals surface area contributed by atoms with Gasteiger partial charge in [0.05, 0.1) is 5.56 Å². The number of aryl methyl sites for hydroxylation is 1. The van der Waals surface area contributed by atoms with Crippen molar-refractivity contribution in [2.75, 3.05) is 11.9 Å². The number of amides is 1. The molecule has 0 spiro atoms. The number of aliphatic hydroxyl groups excluding tert-OH is 1. The fourth-order valence-corrected chi connectivity index (χ4v) is 1.50. The monoisotopic (exact) mass is 267 g/mol. The highest BCUT2D eigenvalue weighted by atomic mass is 16.2. The maximum absolute atomic E-state index is 12.0. The van der Waals surface area contributed by atoms with E-state index in [4.69, 9.17) is 5.11 Å². The van der Waals surface area contributed by atoms with Crippen LogP contribution < -0.4 is 5.32 Å². The molecule has 1 amide bonds. The number of pyridine rings is 2. The van der Waals surface area contributed by atoms with Crippen LogP contribution in [-0.4, -0.2) is 27.6 Å². The lowest BCUT2D eigenvalue weighted by Gasteiger charge is -2.04. The largest absolute Gasteiger partial charge is 0.384 e. The van der Waals surface area contributed by atoms with Gasteiger partial charge in [-0.15, -0.1) is 0 Å². The Bertz CT molecular complexity index is 670. The molecule has 0 unspecified atom stereocenters. The first-order valence-electron chi connectivity index (χ1n) is 5.98. The van der Waals surface area contributed by atoms with Crippen molar-refractivity contribution in [3.63, 3.8) is 0 Å². The summed E-state index contributed by atoms with van der Waals surface area (Å²) in [6.07, 6.45) is 4.66. The van der Waals surface area contributed by atoms with Gasteiger partial charge in [-0.3, -0.25) is 9.78 Å². The quantitative estimate of drug-likeness (QED) is 0.806. The summed E-state index contributed by atoms with van der Waals surface area (Å²) in [5, 5.41) is 11.3. The highest BCUT2D eigenvalue weighted by Gasteiger charge is 2.07. The van der Waals surface area contributed by atoms with Crippen molar-refractivity contribution in [3.05, 3.63) is 53.5 Å². The first-order valence-corrected chi connectivity index (χ1v) is 5.98. The number of aromatic nitrogens is 2. The number of hydrogen-bond donors (Lipinski definition) is 2. The minimum atomic E-state index is -0.304. The molecule has 5 nitrogen and oxygen atoms in total. The Kier molecular flexibility index (Phi) is 4.43. The van der Waals surface area contributed by atoms with E-state index in [2.05, 4.69) is 27.1 Å². The summed E-state index contributed by atoms with van der Waals surface area (Å²) in [6, 6.07) is 5.21. The molecular formula is C15H13N3O2. The van der Waals surface area contributed by atoms with Gasteiger partial charge in [-0.2, -0.15) is 0 Å². The Labute approximate surface area is 116 Å². The summed E-state index contributed by atoms with van der Waals surface area (Å²) in [4.78, 5) is 20.1. The first kappa shape index (κ1) is 13.7. The maximum atomic E-state index is 12.0. The Morgan fingerprint density at radius 3 is 2.90 bits per heavy atom. The van der Waals surface area contributed by atoms with Crippen LogP contribution >= 0.6 is 0 Å². The maximum Gasteiger partial charge on any atom is 0.258 e. The molecule has 0 radical (unpaired) electrons. The van der Waals surface area contributed by atoms with Gasteiger partial charge in [-0.05, 0) is 24.6 Å². The molecule has 2 rings (SSSR count). The van der Waals surface area contributed by atoms with Gasteiger partial charge in [0.2, 0.25) is 0 Å². The van der Waals surface area contributed by atoms with Gasteiger partial charge in [0.15, 0.2) is 0 Å². The van der Waals surface area contributed by atoms with Gasteiger partial charge in [-0.1, -0.05) is 17.9 Å². The van der Waals surface area contributed by atoms with E-state index in [0.717, 1.165) is 5.56 Å². The highest BCUT2D eigenvalue weighted by molar-refractivity contribution is 6.03. The zero-order valence-electron chi connectivity index (χ0n) is 10.9. The second-order valence-corrected chi connectivity index (χ2v) is 4.10. The molecule has 2 aromatic rings. The second kappa shape index (κ2) is 6.45. The van der Waals surface area contributed by atoms with E-state index in [1.165, 1.54) is 12.4 Å². The minimum Gasteiger partial charge on any atom is -0.384 e. The Morgan fingerprint density at radius 1 is 1.35 bits per heavy atom. The normalized spacial score (nSPS) is 9.50. The van der Waals surface area contributed by atoms with Crippen LogP contribution in [0.5, 0.6) is 0 Å². The van der Waals surface area contributed by atoms with E-state index in [-0.39, 0.29) is 12.5 Å². The fourth-order valence-electron chi connectivity index (χ4n) is 1.50. The fraction of sp³-hybridized carbons (Fsp3) is 0.133. The van der Waals surface area contributed by atoms with Crippen LogP contribution in [0.1, 0.15) is 21.5 Å². The molecule has 0 aliphatic carbocycles. The topological polar surface area (TPSA) is 75.1 Å². The number of hydrogen-bond acceptors (Lipinski definition) is 4. The molecule has 0 bridgehead atoms. The molecule has 0 fully saturated rings. The average Bonchev–Trinajstić information content (AvgIpc) is 2.48. The van der Waals surface area contributed by atoms with Crippen LogP contribution in [0.15, 0.2) is 36.8 Å². The molecular weight excluding hydrogens is 254 g/mol. The molecule has 2 N–H and O–H groups in total. The van der Waals surface area contributed by atoms with E-state index >= 15 is 0 Å². The summed E-state index contributed by atoms with van der Waals surface area (Å²) in [5.74, 6) is 5.39. The average molecular weight is 267 g/mol. The highest BCUT2D eigenvalue weighted by Crippen LogP contribution is 2.08. The third kappa shape index (κ3) is 3.64. The van der Waals surface area contributed by atoms with E-state index in [9.17, 15) is 4.79 Å². The molecule has 0 aromatic carbocycles. The SMILES string of the molecule is Cc1ccc(NC(=O)c2cncc(C#CCO)c2)nc1. The van der Waals surface area contributed by atoms with E-state index in [1.54, 1.807) is 18.3 Å². The van der Waals surface area contributed by atoms with Crippen LogP contribution in [0.4, 0.5) is 5.82 Å². The van der Waals surface area contributed by atoms with Gasteiger partial charge < -0.3 is 10.4 Å². The summed E-state index contributed by atoms with van der Waals surface area (Å²) in [5.41, 5.74) is 1.98. The van der Waals surface area contributed by atoms with E-state index in [1.807, 2.05) is 13.0 Å². The smallest absolute Gasteiger partial charge is 0.258 e. The first-order chi connectivity index (χ1) is 9.69. The molecule has 0 aliphatic rings. The van der Waals surface area contributed by atoms with Gasteiger partial charge in [-0.25, -0.2) is 4.98 Å². The van der Waals surface area contributed by atoms with E-state index < -0.39 is 0 Å². The molecule has 20 heavy (non-hydrogen) atoms. The molecule has 100 valence electrons. The van der Waals surface area contributed by atoms with Gasteiger partial charge in [0.25, 0.3) is 5.91 Å². The zero-order chi connectivity index (χ0) is 14.4. The number of carbonyl (C=O) groups excluding carboxylic acids is 1. The molecule has 0 atom stereocenters. The minimum absolute atomic E-state index is 0.232. The van der Waals surface area contributed by atoms with Gasteiger partial charge in [0.1, 0.15) is 12.4 Å².